The molecule has 2 rings (SSSR count). The molecule has 0 aliphatic heterocycles. The summed E-state index contributed by atoms with van der Waals surface area (Å²) in [5, 5.41) is 11.9. The molecule has 0 bridgehead atoms. The Labute approximate surface area is 68.3 Å². The number of H-pyrrole nitrogens is 1. The molecule has 60 valence electrons. The summed E-state index contributed by atoms with van der Waals surface area (Å²) in [6.45, 7) is 0. The van der Waals surface area contributed by atoms with E-state index in [4.69, 9.17) is 0 Å². The zero-order valence-corrected chi connectivity index (χ0v) is 6.20. The highest BCUT2D eigenvalue weighted by molar-refractivity contribution is 5.83. The average Bonchev–Trinajstić information content (AvgIpc) is 2.07. The fraction of sp³-hybridized carbons (Fsp3) is 0. The number of rotatable bonds is 0. The van der Waals surface area contributed by atoms with Crippen LogP contribution in [0.1, 0.15) is 0 Å². The molecular formula is C9H6NO2-. The van der Waals surface area contributed by atoms with Crippen LogP contribution in [-0.4, -0.2) is 4.98 Å². The Morgan fingerprint density at radius 2 is 2.00 bits per heavy atom. The van der Waals surface area contributed by atoms with Crippen molar-refractivity contribution in [2.24, 2.45) is 0 Å². The second-order valence-corrected chi connectivity index (χ2v) is 2.54. The minimum absolute atomic E-state index is 0.148. The third-order valence-corrected chi connectivity index (χ3v) is 1.72. The Kier molecular flexibility index (Phi) is 1.37. The molecule has 0 spiro atoms. The summed E-state index contributed by atoms with van der Waals surface area (Å²) in [6.07, 6.45) is 0. The minimum atomic E-state index is -0.245. The molecule has 2 aromatic rings. The second-order valence-electron chi connectivity index (χ2n) is 2.54. The lowest BCUT2D eigenvalue weighted by Gasteiger charge is -2.07. The highest BCUT2D eigenvalue weighted by Crippen LogP contribution is 2.16. The summed E-state index contributed by atoms with van der Waals surface area (Å²) in [7, 11) is 0. The number of hydrogen-bond acceptors (Lipinski definition) is 2. The summed E-state index contributed by atoms with van der Waals surface area (Å²) < 4.78 is 0. The van der Waals surface area contributed by atoms with E-state index >= 15 is 0 Å². The number of benzene rings is 1. The van der Waals surface area contributed by atoms with Gasteiger partial charge in [0.05, 0.1) is 0 Å². The van der Waals surface area contributed by atoms with Crippen molar-refractivity contribution in [3.8, 4) is 5.75 Å². The summed E-state index contributed by atoms with van der Waals surface area (Å²) >= 11 is 0. The van der Waals surface area contributed by atoms with Gasteiger partial charge < -0.3 is 10.1 Å². The molecule has 3 heteroatoms. The third kappa shape index (κ3) is 0.955. The number of nitrogens with one attached hydrogen (secondary N) is 1. The topological polar surface area (TPSA) is 55.9 Å². The van der Waals surface area contributed by atoms with Crippen LogP contribution < -0.4 is 10.7 Å². The summed E-state index contributed by atoms with van der Waals surface area (Å²) in [4.78, 5) is 13.3. The monoisotopic (exact) mass is 160 g/mol. The zero-order chi connectivity index (χ0) is 8.55. The van der Waals surface area contributed by atoms with Gasteiger partial charge in [0.1, 0.15) is 0 Å². The highest BCUT2D eigenvalue weighted by atomic mass is 16.3. The van der Waals surface area contributed by atoms with Crippen molar-refractivity contribution in [3.05, 3.63) is 40.7 Å². The van der Waals surface area contributed by atoms with E-state index in [-0.39, 0.29) is 11.3 Å². The van der Waals surface area contributed by atoms with Gasteiger partial charge in [-0.2, -0.15) is 0 Å². The van der Waals surface area contributed by atoms with Crippen LogP contribution in [0, 0.1) is 0 Å². The van der Waals surface area contributed by atoms with E-state index in [0.29, 0.717) is 5.52 Å². The highest BCUT2D eigenvalue weighted by Gasteiger charge is 1.92. The van der Waals surface area contributed by atoms with Crippen molar-refractivity contribution in [1.29, 1.82) is 0 Å². The fourth-order valence-corrected chi connectivity index (χ4v) is 1.15. The Morgan fingerprint density at radius 1 is 1.17 bits per heavy atom. The van der Waals surface area contributed by atoms with Gasteiger partial charge in [-0.3, -0.25) is 4.79 Å². The first-order valence-electron chi connectivity index (χ1n) is 3.56. The predicted octanol–water partition coefficient (Wildman–Crippen LogP) is 0.602. The van der Waals surface area contributed by atoms with Crippen LogP contribution in [0.3, 0.4) is 0 Å². The number of aromatic nitrogens is 1. The molecule has 12 heavy (non-hydrogen) atoms. The first-order valence-corrected chi connectivity index (χ1v) is 3.56. The lowest BCUT2D eigenvalue weighted by atomic mass is 10.2. The van der Waals surface area contributed by atoms with Crippen LogP contribution in [0.5, 0.6) is 5.75 Å². The van der Waals surface area contributed by atoms with Gasteiger partial charge in [0.15, 0.2) is 0 Å². The maximum atomic E-state index is 11.2. The van der Waals surface area contributed by atoms with Gasteiger partial charge >= 0.3 is 0 Å². The van der Waals surface area contributed by atoms with Crippen molar-refractivity contribution in [3.63, 3.8) is 0 Å². The largest absolute Gasteiger partial charge is 0.871 e. The van der Waals surface area contributed by atoms with E-state index in [1.54, 1.807) is 18.2 Å². The van der Waals surface area contributed by atoms with E-state index < -0.39 is 0 Å². The number of fused-ring (bicyclic) bond motifs is 1. The number of para-hydroxylation sites is 1. The molecule has 0 fully saturated rings. The average molecular weight is 160 g/mol. The summed E-state index contributed by atoms with van der Waals surface area (Å²) in [6, 6.07) is 7.92. The van der Waals surface area contributed by atoms with E-state index in [0.717, 1.165) is 5.39 Å². The summed E-state index contributed by atoms with van der Waals surface area (Å²) in [5.41, 5.74) is 0.135. The Morgan fingerprint density at radius 3 is 2.83 bits per heavy atom. The predicted molar refractivity (Wildman–Crippen MR) is 44.0 cm³/mol. The molecule has 0 atom stereocenters. The maximum Gasteiger partial charge on any atom is 0.248 e. The van der Waals surface area contributed by atoms with Gasteiger partial charge in [0.25, 0.3) is 0 Å². The van der Waals surface area contributed by atoms with Crippen LogP contribution in [-0.2, 0) is 0 Å². The molecule has 0 radical (unpaired) electrons. The van der Waals surface area contributed by atoms with Crippen LogP contribution in [0.25, 0.3) is 10.9 Å². The molecule has 1 aromatic heterocycles. The van der Waals surface area contributed by atoms with Crippen molar-refractivity contribution in [2.45, 2.75) is 0 Å². The Bertz CT molecular complexity index is 473. The smallest absolute Gasteiger partial charge is 0.248 e. The van der Waals surface area contributed by atoms with E-state index in [9.17, 15) is 9.90 Å². The van der Waals surface area contributed by atoms with Crippen molar-refractivity contribution in [2.75, 3.05) is 0 Å². The molecule has 0 saturated heterocycles. The number of aromatic amines is 1. The van der Waals surface area contributed by atoms with Crippen LogP contribution >= 0.6 is 0 Å². The molecule has 1 N–H and O–H groups in total. The van der Waals surface area contributed by atoms with Crippen LogP contribution in [0.4, 0.5) is 0 Å². The Balaban J connectivity index is 2.97. The third-order valence-electron chi connectivity index (χ3n) is 1.72. The molecule has 0 unspecified atom stereocenters. The van der Waals surface area contributed by atoms with Gasteiger partial charge in [0.2, 0.25) is 5.56 Å². The van der Waals surface area contributed by atoms with Crippen LogP contribution in [0.15, 0.2) is 35.1 Å². The molecule has 0 aliphatic rings. The quantitative estimate of drug-likeness (QED) is 0.613. The van der Waals surface area contributed by atoms with Gasteiger partial charge in [-0.05, 0) is 11.5 Å². The normalized spacial score (nSPS) is 10.3. The molecule has 1 heterocycles. The fourth-order valence-electron chi connectivity index (χ4n) is 1.15. The van der Waals surface area contributed by atoms with Crippen LogP contribution in [0.2, 0.25) is 0 Å². The van der Waals surface area contributed by atoms with Crippen molar-refractivity contribution < 1.29 is 5.11 Å². The van der Waals surface area contributed by atoms with E-state index in [2.05, 4.69) is 4.98 Å². The first kappa shape index (κ1) is 6.91. The molecule has 0 amide bonds. The molecule has 1 aromatic carbocycles. The maximum absolute atomic E-state index is 11.2. The summed E-state index contributed by atoms with van der Waals surface area (Å²) in [5.74, 6) is -0.148. The standard InChI is InChI=1S/C9H7NO2/c11-7-3-1-2-6-4-5-8(12)10-9(6)7/h1-5,11H,(H,10,12)/p-1. The second kappa shape index (κ2) is 2.37. The lowest BCUT2D eigenvalue weighted by Crippen LogP contribution is -2.04. The Hall–Kier alpha value is -1.77. The molecule has 3 nitrogen and oxygen atoms in total. The zero-order valence-electron chi connectivity index (χ0n) is 6.20. The van der Waals surface area contributed by atoms with E-state index in [1.807, 2.05) is 0 Å². The molecule has 0 aliphatic carbocycles. The number of pyridine rings is 1. The minimum Gasteiger partial charge on any atom is -0.871 e. The lowest BCUT2D eigenvalue weighted by molar-refractivity contribution is -0.266. The first-order chi connectivity index (χ1) is 5.77. The van der Waals surface area contributed by atoms with Crippen molar-refractivity contribution >= 4 is 10.9 Å². The van der Waals surface area contributed by atoms with Crippen molar-refractivity contribution in [1.82, 2.24) is 4.98 Å². The SMILES string of the molecule is O=c1ccc2cccc([O-])c2[nH]1. The van der Waals surface area contributed by atoms with Gasteiger partial charge in [-0.15, -0.1) is 0 Å². The molecular weight excluding hydrogens is 154 g/mol. The van der Waals surface area contributed by atoms with E-state index in [1.165, 1.54) is 12.1 Å². The van der Waals surface area contributed by atoms with Gasteiger partial charge in [0, 0.05) is 11.6 Å². The number of hydrogen-bond donors (Lipinski definition) is 1. The van der Waals surface area contributed by atoms with Gasteiger partial charge in [-0.25, -0.2) is 0 Å². The van der Waals surface area contributed by atoms with Gasteiger partial charge in [-0.1, -0.05) is 23.9 Å². The molecule has 0 saturated carbocycles.